The van der Waals surface area contributed by atoms with Crippen molar-refractivity contribution in [1.29, 1.82) is 0 Å². The molecule has 0 spiro atoms. The van der Waals surface area contributed by atoms with E-state index in [0.717, 1.165) is 0 Å². The molecule has 1 aromatic heterocycles. The molecule has 1 amide bonds. The summed E-state index contributed by atoms with van der Waals surface area (Å²) in [6.07, 6.45) is -0.274. The monoisotopic (exact) mass is 389 g/mol. The summed E-state index contributed by atoms with van der Waals surface area (Å²) in [5, 5.41) is 0.706. The van der Waals surface area contributed by atoms with E-state index in [0.29, 0.717) is 72.9 Å². The lowest BCUT2D eigenvalue weighted by molar-refractivity contribution is 0.0900. The number of methoxy groups -OCH3 is 2. The zero-order valence-corrected chi connectivity index (χ0v) is 16.8. The summed E-state index contributed by atoms with van der Waals surface area (Å²) >= 11 is 0. The van der Waals surface area contributed by atoms with Crippen molar-refractivity contribution in [1.82, 2.24) is 14.9 Å². The number of hydrogen-bond acceptors (Lipinski definition) is 8. The van der Waals surface area contributed by atoms with Gasteiger partial charge in [-0.2, -0.15) is 4.98 Å². The van der Waals surface area contributed by atoms with E-state index >= 15 is 0 Å². The van der Waals surface area contributed by atoms with Gasteiger partial charge in [-0.15, -0.1) is 0 Å². The minimum Gasteiger partial charge on any atom is -0.493 e. The molecule has 28 heavy (non-hydrogen) atoms. The number of benzene rings is 1. The number of amides is 1. The first-order valence-corrected chi connectivity index (χ1v) is 9.28. The molecule has 9 heteroatoms. The van der Waals surface area contributed by atoms with Gasteiger partial charge in [0.1, 0.15) is 5.82 Å². The molecule has 9 nitrogen and oxygen atoms in total. The van der Waals surface area contributed by atoms with Crippen molar-refractivity contribution in [3.63, 3.8) is 0 Å². The lowest BCUT2D eigenvalue weighted by Gasteiger charge is -2.34. The Balaban J connectivity index is 1.75. The quantitative estimate of drug-likeness (QED) is 0.830. The van der Waals surface area contributed by atoms with Crippen LogP contribution in [-0.2, 0) is 4.74 Å². The highest BCUT2D eigenvalue weighted by molar-refractivity contribution is 5.91. The molecule has 3 rings (SSSR count). The smallest absolute Gasteiger partial charge is 0.409 e. The van der Waals surface area contributed by atoms with Gasteiger partial charge in [0, 0.05) is 37.6 Å². The first kappa shape index (κ1) is 19.8. The van der Waals surface area contributed by atoms with Crippen molar-refractivity contribution in [2.24, 2.45) is 5.92 Å². The van der Waals surface area contributed by atoms with E-state index in [-0.39, 0.29) is 6.09 Å². The van der Waals surface area contributed by atoms with E-state index in [9.17, 15) is 4.79 Å². The molecule has 2 N–H and O–H groups in total. The number of piperazine rings is 1. The van der Waals surface area contributed by atoms with Crippen LogP contribution in [0.1, 0.15) is 13.8 Å². The summed E-state index contributed by atoms with van der Waals surface area (Å²) in [6.45, 7) is 6.75. The van der Waals surface area contributed by atoms with E-state index < -0.39 is 0 Å². The normalized spacial score (nSPS) is 14.5. The molecule has 0 bridgehead atoms. The largest absolute Gasteiger partial charge is 0.493 e. The highest BCUT2D eigenvalue weighted by atomic mass is 16.6. The maximum Gasteiger partial charge on any atom is 0.409 e. The fourth-order valence-corrected chi connectivity index (χ4v) is 3.03. The van der Waals surface area contributed by atoms with Crippen LogP contribution in [-0.4, -0.2) is 68.0 Å². The second kappa shape index (κ2) is 8.37. The second-order valence-electron chi connectivity index (χ2n) is 7.08. The Morgan fingerprint density at radius 3 is 2.36 bits per heavy atom. The van der Waals surface area contributed by atoms with Crippen molar-refractivity contribution in [2.45, 2.75) is 13.8 Å². The molecule has 2 heterocycles. The van der Waals surface area contributed by atoms with Gasteiger partial charge in [-0.05, 0) is 12.0 Å². The van der Waals surface area contributed by atoms with Crippen molar-refractivity contribution in [2.75, 3.05) is 57.6 Å². The molecular formula is C19H27N5O4. The first-order chi connectivity index (χ1) is 13.4. The summed E-state index contributed by atoms with van der Waals surface area (Å²) in [7, 11) is 3.15. The lowest BCUT2D eigenvalue weighted by atomic mass is 10.2. The molecule has 1 aliphatic rings. The zero-order chi connectivity index (χ0) is 20.3. The van der Waals surface area contributed by atoms with Crippen LogP contribution < -0.4 is 20.1 Å². The van der Waals surface area contributed by atoms with Gasteiger partial charge in [0.2, 0.25) is 5.95 Å². The van der Waals surface area contributed by atoms with Crippen molar-refractivity contribution < 1.29 is 19.0 Å². The van der Waals surface area contributed by atoms with Crippen molar-refractivity contribution >= 4 is 28.8 Å². The van der Waals surface area contributed by atoms with Gasteiger partial charge in [0.15, 0.2) is 11.5 Å². The average Bonchev–Trinajstić information content (AvgIpc) is 2.71. The van der Waals surface area contributed by atoms with Crippen LogP contribution in [0.3, 0.4) is 0 Å². The molecule has 1 aliphatic heterocycles. The number of hydrogen-bond donors (Lipinski definition) is 1. The minimum atomic E-state index is -0.274. The van der Waals surface area contributed by atoms with Crippen molar-refractivity contribution in [3.05, 3.63) is 12.1 Å². The summed E-state index contributed by atoms with van der Waals surface area (Å²) in [4.78, 5) is 24.9. The molecule has 1 fully saturated rings. The number of ether oxygens (including phenoxy) is 3. The zero-order valence-electron chi connectivity index (χ0n) is 16.8. The number of nitrogens with zero attached hydrogens (tertiary/aromatic N) is 4. The Kier molecular flexibility index (Phi) is 5.91. The summed E-state index contributed by atoms with van der Waals surface area (Å²) in [5.74, 6) is 2.38. The lowest BCUT2D eigenvalue weighted by Crippen LogP contribution is -2.49. The van der Waals surface area contributed by atoms with Gasteiger partial charge in [0.25, 0.3) is 0 Å². The fraction of sp³-hybridized carbons (Fsp3) is 0.526. The average molecular weight is 389 g/mol. The van der Waals surface area contributed by atoms with Gasteiger partial charge in [0.05, 0.1) is 26.3 Å². The third-order valence-electron chi connectivity index (χ3n) is 4.58. The highest BCUT2D eigenvalue weighted by Crippen LogP contribution is 2.34. The number of rotatable bonds is 5. The molecule has 152 valence electrons. The molecule has 1 aromatic carbocycles. The highest BCUT2D eigenvalue weighted by Gasteiger charge is 2.24. The van der Waals surface area contributed by atoms with Crippen LogP contribution in [0.2, 0.25) is 0 Å². The predicted molar refractivity (Wildman–Crippen MR) is 107 cm³/mol. The molecule has 2 aromatic rings. The number of aromatic nitrogens is 2. The first-order valence-electron chi connectivity index (χ1n) is 9.28. The third-order valence-corrected chi connectivity index (χ3v) is 4.58. The summed E-state index contributed by atoms with van der Waals surface area (Å²) in [5.41, 5.74) is 6.84. The number of fused-ring (bicyclic) bond motifs is 1. The van der Waals surface area contributed by atoms with Crippen LogP contribution in [0.25, 0.3) is 10.9 Å². The standard InChI is InChI=1S/C19H27N5O4/c1-12(2)11-28-19(25)24-7-5-23(6-8-24)18-21-14-10-16(27-4)15(26-3)9-13(14)17(20)22-18/h9-10,12H,5-8,11H2,1-4H3,(H2,20,21,22). The van der Waals surface area contributed by atoms with Crippen LogP contribution in [0.15, 0.2) is 12.1 Å². The molecule has 0 saturated carbocycles. The molecule has 0 radical (unpaired) electrons. The van der Waals surface area contributed by atoms with Crippen LogP contribution >= 0.6 is 0 Å². The maximum absolute atomic E-state index is 12.1. The SMILES string of the molecule is COc1cc2nc(N3CCN(C(=O)OCC(C)C)CC3)nc(N)c2cc1OC. The number of carbonyl (C=O) groups is 1. The Morgan fingerprint density at radius 2 is 1.75 bits per heavy atom. The predicted octanol–water partition coefficient (Wildman–Crippen LogP) is 2.14. The Labute approximate surface area is 164 Å². The van der Waals surface area contributed by atoms with Crippen molar-refractivity contribution in [3.8, 4) is 11.5 Å². The van der Waals surface area contributed by atoms with Gasteiger partial charge in [-0.25, -0.2) is 9.78 Å². The Hall–Kier alpha value is -2.97. The number of nitrogens with two attached hydrogens (primary N) is 1. The minimum absolute atomic E-state index is 0.274. The number of nitrogen functional groups attached to an aromatic ring is 1. The van der Waals surface area contributed by atoms with Crippen LogP contribution in [0.4, 0.5) is 16.6 Å². The number of carbonyl (C=O) groups excluding carboxylic acids is 1. The molecular weight excluding hydrogens is 362 g/mol. The van der Waals surface area contributed by atoms with E-state index in [1.54, 1.807) is 31.3 Å². The third kappa shape index (κ3) is 4.13. The van der Waals surface area contributed by atoms with Crippen LogP contribution in [0, 0.1) is 5.92 Å². The molecule has 1 saturated heterocycles. The van der Waals surface area contributed by atoms with E-state index in [1.165, 1.54) is 0 Å². The Bertz CT molecular complexity index is 850. The fourth-order valence-electron chi connectivity index (χ4n) is 3.03. The van der Waals surface area contributed by atoms with Crippen LogP contribution in [0.5, 0.6) is 11.5 Å². The second-order valence-corrected chi connectivity index (χ2v) is 7.08. The summed E-state index contributed by atoms with van der Waals surface area (Å²) in [6, 6.07) is 3.56. The molecule has 0 unspecified atom stereocenters. The Morgan fingerprint density at radius 1 is 1.11 bits per heavy atom. The van der Waals surface area contributed by atoms with E-state index in [1.807, 2.05) is 18.7 Å². The summed E-state index contributed by atoms with van der Waals surface area (Å²) < 4.78 is 16.0. The van der Waals surface area contributed by atoms with Gasteiger partial charge < -0.3 is 29.7 Å². The van der Waals surface area contributed by atoms with Gasteiger partial charge in [-0.1, -0.05) is 13.8 Å². The number of anilines is 2. The molecule has 0 atom stereocenters. The van der Waals surface area contributed by atoms with Gasteiger partial charge in [-0.3, -0.25) is 0 Å². The molecule has 0 aliphatic carbocycles. The topological polar surface area (TPSA) is 103 Å². The van der Waals surface area contributed by atoms with E-state index in [2.05, 4.69) is 9.97 Å². The van der Waals surface area contributed by atoms with E-state index in [4.69, 9.17) is 19.9 Å². The van der Waals surface area contributed by atoms with Gasteiger partial charge >= 0.3 is 6.09 Å². The maximum atomic E-state index is 12.1.